The minimum absolute atomic E-state index is 0.0456. The number of hydrogen-bond donors (Lipinski definition) is 1. The topological polar surface area (TPSA) is 37.3 Å². The number of benzene rings is 1. The fraction of sp³-hybridized carbons (Fsp3) is 0.300. The molecule has 82 valence electrons. The fourth-order valence-corrected chi connectivity index (χ4v) is 2.01. The van der Waals surface area contributed by atoms with Gasteiger partial charge in [-0.15, -0.1) is 0 Å². The van der Waals surface area contributed by atoms with E-state index in [4.69, 9.17) is 28.3 Å². The number of aromatic carboxylic acids is 1. The summed E-state index contributed by atoms with van der Waals surface area (Å²) in [6, 6.07) is 3.19. The predicted octanol–water partition coefficient (Wildman–Crippen LogP) is 4.02. The van der Waals surface area contributed by atoms with Gasteiger partial charge in [0.05, 0.1) is 15.6 Å². The van der Waals surface area contributed by atoms with Crippen molar-refractivity contribution in [2.45, 2.75) is 12.8 Å². The molecule has 0 saturated carbocycles. The highest BCUT2D eigenvalue weighted by Gasteiger charge is 2.14. The molecule has 0 spiro atoms. The molecule has 0 aliphatic carbocycles. The molecule has 0 saturated heterocycles. The summed E-state index contributed by atoms with van der Waals surface area (Å²) in [5, 5.41) is 10.1. The van der Waals surface area contributed by atoms with E-state index in [9.17, 15) is 4.79 Å². The molecule has 1 aromatic rings. The monoisotopic (exact) mass is 310 g/mol. The molecule has 1 N–H and O–H groups in total. The molecule has 0 unspecified atom stereocenters. The third-order valence-corrected chi connectivity index (χ3v) is 3.45. The second kappa shape index (κ2) is 5.73. The molecule has 0 aromatic heterocycles. The number of hydrogen-bond acceptors (Lipinski definition) is 1. The van der Waals surface area contributed by atoms with Gasteiger partial charge in [-0.2, -0.15) is 0 Å². The highest BCUT2D eigenvalue weighted by Crippen LogP contribution is 2.30. The molecule has 0 amide bonds. The van der Waals surface area contributed by atoms with E-state index in [0.29, 0.717) is 5.02 Å². The second-order valence-corrected chi connectivity index (χ2v) is 4.55. The van der Waals surface area contributed by atoms with Crippen LogP contribution in [0.5, 0.6) is 0 Å². The van der Waals surface area contributed by atoms with Crippen LogP contribution in [0.25, 0.3) is 0 Å². The van der Waals surface area contributed by atoms with Crippen molar-refractivity contribution in [3.63, 3.8) is 0 Å². The Morgan fingerprint density at radius 3 is 2.53 bits per heavy atom. The zero-order chi connectivity index (χ0) is 11.4. The number of rotatable bonds is 4. The van der Waals surface area contributed by atoms with Crippen LogP contribution in [0, 0.1) is 0 Å². The van der Waals surface area contributed by atoms with Gasteiger partial charge >= 0.3 is 5.97 Å². The summed E-state index contributed by atoms with van der Waals surface area (Å²) in [4.78, 5) is 10.7. The highest BCUT2D eigenvalue weighted by molar-refractivity contribution is 9.09. The maximum absolute atomic E-state index is 10.7. The molecule has 0 radical (unpaired) electrons. The molecule has 0 aliphatic rings. The number of carboxylic acid groups (broad SMARTS) is 1. The molecule has 5 heteroatoms. The Morgan fingerprint density at radius 1 is 1.33 bits per heavy atom. The predicted molar refractivity (Wildman–Crippen MR) is 65.5 cm³/mol. The van der Waals surface area contributed by atoms with Crippen molar-refractivity contribution in [1.29, 1.82) is 0 Å². The van der Waals surface area contributed by atoms with Gasteiger partial charge in [-0.05, 0) is 24.5 Å². The van der Waals surface area contributed by atoms with Gasteiger partial charge in [-0.25, -0.2) is 4.79 Å². The maximum atomic E-state index is 10.7. The summed E-state index contributed by atoms with van der Waals surface area (Å²) in [7, 11) is 0. The molecular weight excluding hydrogens is 303 g/mol. The van der Waals surface area contributed by atoms with Crippen LogP contribution in [0.15, 0.2) is 12.1 Å². The summed E-state index contributed by atoms with van der Waals surface area (Å²) in [6.45, 7) is 0. The molecule has 2 nitrogen and oxygen atoms in total. The van der Waals surface area contributed by atoms with Crippen molar-refractivity contribution >= 4 is 45.1 Å². The number of alkyl halides is 1. The van der Waals surface area contributed by atoms with E-state index in [1.807, 2.05) is 0 Å². The third kappa shape index (κ3) is 3.10. The van der Waals surface area contributed by atoms with Crippen LogP contribution in [-0.4, -0.2) is 16.4 Å². The van der Waals surface area contributed by atoms with Crippen molar-refractivity contribution in [1.82, 2.24) is 0 Å². The van der Waals surface area contributed by atoms with Crippen LogP contribution in [0.4, 0.5) is 0 Å². The SMILES string of the molecule is O=C(O)c1ccc(CCCBr)c(Cl)c1Cl. The molecule has 0 heterocycles. The largest absolute Gasteiger partial charge is 0.478 e. The summed E-state index contributed by atoms with van der Waals surface area (Å²) >= 11 is 15.1. The quantitative estimate of drug-likeness (QED) is 0.853. The lowest BCUT2D eigenvalue weighted by atomic mass is 10.1. The van der Waals surface area contributed by atoms with Crippen LogP contribution in [0.1, 0.15) is 22.3 Å². The Balaban J connectivity index is 3.04. The summed E-state index contributed by atoms with van der Waals surface area (Å²) in [6.07, 6.45) is 1.71. The standard InChI is InChI=1S/C10H9BrCl2O2/c11-5-1-2-6-3-4-7(10(14)15)9(13)8(6)12/h3-4H,1-2,5H2,(H,14,15). The zero-order valence-corrected chi connectivity index (χ0v) is 10.9. The number of aryl methyl sites for hydroxylation is 1. The summed E-state index contributed by atoms with van der Waals surface area (Å²) < 4.78 is 0. The van der Waals surface area contributed by atoms with E-state index in [1.54, 1.807) is 6.07 Å². The number of halogens is 3. The van der Waals surface area contributed by atoms with Gasteiger partial charge in [0.1, 0.15) is 0 Å². The maximum Gasteiger partial charge on any atom is 0.337 e. The first-order chi connectivity index (χ1) is 7.07. The van der Waals surface area contributed by atoms with Gasteiger partial charge in [0, 0.05) is 5.33 Å². The zero-order valence-electron chi connectivity index (χ0n) is 7.77. The summed E-state index contributed by atoms with van der Waals surface area (Å²) in [5.74, 6) is -1.06. The van der Waals surface area contributed by atoms with Crippen molar-refractivity contribution in [3.05, 3.63) is 33.3 Å². The first-order valence-corrected chi connectivity index (χ1v) is 6.21. The smallest absolute Gasteiger partial charge is 0.337 e. The van der Waals surface area contributed by atoms with Crippen LogP contribution >= 0.6 is 39.1 Å². The van der Waals surface area contributed by atoms with E-state index in [2.05, 4.69) is 15.9 Å². The molecule has 15 heavy (non-hydrogen) atoms. The van der Waals surface area contributed by atoms with E-state index in [-0.39, 0.29) is 10.6 Å². The molecule has 0 bridgehead atoms. The highest BCUT2D eigenvalue weighted by atomic mass is 79.9. The average Bonchev–Trinajstić information content (AvgIpc) is 2.20. The molecular formula is C10H9BrCl2O2. The molecule has 0 aliphatic heterocycles. The number of carbonyl (C=O) groups is 1. The molecule has 1 aromatic carbocycles. The minimum Gasteiger partial charge on any atom is -0.478 e. The van der Waals surface area contributed by atoms with Gasteiger partial charge in [-0.3, -0.25) is 0 Å². The Kier molecular flexibility index (Phi) is 4.90. The van der Waals surface area contributed by atoms with Crippen molar-refractivity contribution in [2.24, 2.45) is 0 Å². The second-order valence-electron chi connectivity index (χ2n) is 3.00. The third-order valence-electron chi connectivity index (χ3n) is 1.97. The van der Waals surface area contributed by atoms with Crippen molar-refractivity contribution in [3.8, 4) is 0 Å². The van der Waals surface area contributed by atoms with E-state index in [0.717, 1.165) is 23.7 Å². The van der Waals surface area contributed by atoms with Gasteiger partial charge < -0.3 is 5.11 Å². The lowest BCUT2D eigenvalue weighted by molar-refractivity contribution is 0.0697. The molecule has 1 rings (SSSR count). The van der Waals surface area contributed by atoms with E-state index < -0.39 is 5.97 Å². The Bertz CT molecular complexity index is 380. The average molecular weight is 312 g/mol. The van der Waals surface area contributed by atoms with Gasteiger partial charge in [0.25, 0.3) is 0 Å². The van der Waals surface area contributed by atoms with E-state index in [1.165, 1.54) is 6.07 Å². The van der Waals surface area contributed by atoms with Crippen molar-refractivity contribution in [2.75, 3.05) is 5.33 Å². The Hall–Kier alpha value is -0.250. The number of carboxylic acids is 1. The summed E-state index contributed by atoms with van der Waals surface area (Å²) in [5.41, 5.74) is 0.926. The van der Waals surface area contributed by atoms with Crippen LogP contribution in [-0.2, 0) is 6.42 Å². The van der Waals surface area contributed by atoms with Crippen LogP contribution in [0.3, 0.4) is 0 Å². The lowest BCUT2D eigenvalue weighted by Crippen LogP contribution is -1.99. The lowest BCUT2D eigenvalue weighted by Gasteiger charge is -2.07. The van der Waals surface area contributed by atoms with Crippen LogP contribution in [0.2, 0.25) is 10.0 Å². The Morgan fingerprint density at radius 2 is 2.00 bits per heavy atom. The first-order valence-electron chi connectivity index (χ1n) is 4.34. The van der Waals surface area contributed by atoms with Crippen molar-refractivity contribution < 1.29 is 9.90 Å². The van der Waals surface area contributed by atoms with E-state index >= 15 is 0 Å². The normalized spacial score (nSPS) is 10.3. The molecule has 0 fully saturated rings. The fourth-order valence-electron chi connectivity index (χ4n) is 1.20. The van der Waals surface area contributed by atoms with Crippen LogP contribution < -0.4 is 0 Å². The molecule has 0 atom stereocenters. The van der Waals surface area contributed by atoms with Gasteiger partial charge in [-0.1, -0.05) is 45.2 Å². The Labute approximate surface area is 106 Å². The minimum atomic E-state index is -1.06. The first kappa shape index (κ1) is 12.8. The van der Waals surface area contributed by atoms with Gasteiger partial charge in [0.2, 0.25) is 0 Å². The van der Waals surface area contributed by atoms with Gasteiger partial charge in [0.15, 0.2) is 0 Å².